The zero-order valence-electron chi connectivity index (χ0n) is 10.5. The summed E-state index contributed by atoms with van der Waals surface area (Å²) in [5.74, 6) is -0.364. The summed E-state index contributed by atoms with van der Waals surface area (Å²) >= 11 is 6.02. The number of amidine groups is 1. The highest BCUT2D eigenvalue weighted by atomic mass is 35.5. The molecule has 7 nitrogen and oxygen atoms in total. The fraction of sp³-hybridized carbons (Fsp3) is 0.0833. The molecule has 0 bridgehead atoms. The number of aromatic nitrogens is 2. The van der Waals surface area contributed by atoms with Crippen LogP contribution in [0.4, 0.5) is 5.82 Å². The number of H-pyrrole nitrogens is 1. The highest BCUT2D eigenvalue weighted by Crippen LogP contribution is 2.19. The number of nitrogens with two attached hydrogens (primary N) is 1. The van der Waals surface area contributed by atoms with Crippen LogP contribution in [0, 0.1) is 6.92 Å². The van der Waals surface area contributed by atoms with E-state index in [4.69, 9.17) is 22.5 Å². The van der Waals surface area contributed by atoms with Gasteiger partial charge in [-0.05, 0) is 24.6 Å². The molecule has 0 aliphatic carbocycles. The number of anilines is 1. The van der Waals surface area contributed by atoms with Gasteiger partial charge in [0.1, 0.15) is 5.82 Å². The SMILES string of the molecule is Cc1ccc(C(=O)Nc2[nH]ncc2/C(N)=N/O)c(Cl)c1. The number of carbonyl (C=O) groups is 1. The average Bonchev–Trinajstić information content (AvgIpc) is 2.85. The summed E-state index contributed by atoms with van der Waals surface area (Å²) in [6.07, 6.45) is 1.33. The Hall–Kier alpha value is -2.54. The first kappa shape index (κ1) is 13.9. The molecule has 2 rings (SSSR count). The maximum Gasteiger partial charge on any atom is 0.258 e. The topological polar surface area (TPSA) is 116 Å². The summed E-state index contributed by atoms with van der Waals surface area (Å²) in [4.78, 5) is 12.1. The van der Waals surface area contributed by atoms with Gasteiger partial charge in [0.05, 0.1) is 22.3 Å². The molecule has 1 aromatic heterocycles. The van der Waals surface area contributed by atoms with Gasteiger partial charge in [-0.15, -0.1) is 0 Å². The molecule has 0 aliphatic rings. The Morgan fingerprint density at radius 3 is 2.90 bits per heavy atom. The van der Waals surface area contributed by atoms with Crippen LogP contribution in [0.1, 0.15) is 21.5 Å². The highest BCUT2D eigenvalue weighted by Gasteiger charge is 2.15. The molecule has 1 aromatic carbocycles. The molecule has 0 fully saturated rings. The summed E-state index contributed by atoms with van der Waals surface area (Å²) in [6, 6.07) is 5.08. The molecule has 20 heavy (non-hydrogen) atoms. The van der Waals surface area contributed by atoms with Crippen LogP contribution >= 0.6 is 11.6 Å². The van der Waals surface area contributed by atoms with Gasteiger partial charge < -0.3 is 16.3 Å². The van der Waals surface area contributed by atoms with Crippen molar-refractivity contribution in [3.05, 3.63) is 46.1 Å². The predicted molar refractivity (Wildman–Crippen MR) is 75.2 cm³/mol. The van der Waals surface area contributed by atoms with Crippen LogP contribution in [0.15, 0.2) is 29.6 Å². The average molecular weight is 294 g/mol. The second-order valence-corrected chi connectivity index (χ2v) is 4.49. The van der Waals surface area contributed by atoms with E-state index in [9.17, 15) is 4.79 Å². The van der Waals surface area contributed by atoms with Crippen molar-refractivity contribution < 1.29 is 10.0 Å². The van der Waals surface area contributed by atoms with Crippen molar-refractivity contribution in [1.29, 1.82) is 0 Å². The van der Waals surface area contributed by atoms with Gasteiger partial charge in [0, 0.05) is 0 Å². The number of nitrogens with zero attached hydrogens (tertiary/aromatic N) is 2. The number of nitrogens with one attached hydrogen (secondary N) is 2. The van der Waals surface area contributed by atoms with Crippen LogP contribution < -0.4 is 11.1 Å². The third-order valence-corrected chi connectivity index (χ3v) is 2.94. The smallest absolute Gasteiger partial charge is 0.258 e. The van der Waals surface area contributed by atoms with Crippen LogP contribution in [0.3, 0.4) is 0 Å². The van der Waals surface area contributed by atoms with Gasteiger partial charge in [0.2, 0.25) is 0 Å². The van der Waals surface area contributed by atoms with Gasteiger partial charge in [-0.2, -0.15) is 5.10 Å². The molecule has 104 valence electrons. The minimum absolute atomic E-state index is 0.163. The molecule has 0 spiro atoms. The zero-order chi connectivity index (χ0) is 14.7. The summed E-state index contributed by atoms with van der Waals surface area (Å²) in [5, 5.41) is 20.7. The first-order valence-electron chi connectivity index (χ1n) is 5.61. The number of oxime groups is 1. The van der Waals surface area contributed by atoms with Crippen molar-refractivity contribution >= 4 is 29.2 Å². The maximum absolute atomic E-state index is 12.1. The van der Waals surface area contributed by atoms with Crippen molar-refractivity contribution in [2.75, 3.05) is 5.32 Å². The van der Waals surface area contributed by atoms with E-state index in [-0.39, 0.29) is 17.2 Å². The number of aromatic amines is 1. The Kier molecular flexibility index (Phi) is 3.90. The molecule has 0 atom stereocenters. The van der Waals surface area contributed by atoms with Gasteiger partial charge in [0.25, 0.3) is 5.91 Å². The number of amides is 1. The minimum atomic E-state index is -0.425. The Labute approximate surface area is 119 Å². The normalized spacial score (nSPS) is 11.4. The third kappa shape index (κ3) is 2.72. The number of benzene rings is 1. The molecule has 0 saturated carbocycles. The maximum atomic E-state index is 12.1. The van der Waals surface area contributed by atoms with E-state index in [1.54, 1.807) is 18.2 Å². The fourth-order valence-electron chi connectivity index (χ4n) is 1.61. The van der Waals surface area contributed by atoms with Gasteiger partial charge >= 0.3 is 0 Å². The van der Waals surface area contributed by atoms with Crippen LogP contribution in [0.2, 0.25) is 5.02 Å². The standard InChI is InChI=1S/C12H12ClN5O2/c1-6-2-3-7(9(13)4-6)12(19)16-11-8(5-15-17-11)10(14)18-20/h2-5,20H,1H3,(H2,14,18)(H2,15,16,17,19). The van der Waals surface area contributed by atoms with Crippen molar-refractivity contribution in [3.8, 4) is 0 Å². The summed E-state index contributed by atoms with van der Waals surface area (Å²) in [7, 11) is 0. The Morgan fingerprint density at radius 2 is 2.25 bits per heavy atom. The minimum Gasteiger partial charge on any atom is -0.409 e. The van der Waals surface area contributed by atoms with E-state index in [1.165, 1.54) is 6.20 Å². The Balaban J connectivity index is 2.26. The van der Waals surface area contributed by atoms with E-state index < -0.39 is 5.91 Å². The van der Waals surface area contributed by atoms with Crippen molar-refractivity contribution in [2.24, 2.45) is 10.9 Å². The molecule has 2 aromatic rings. The van der Waals surface area contributed by atoms with Gasteiger partial charge in [0.15, 0.2) is 5.84 Å². The van der Waals surface area contributed by atoms with E-state index in [1.807, 2.05) is 6.92 Å². The number of carbonyl (C=O) groups excluding carboxylic acids is 1. The lowest BCUT2D eigenvalue weighted by atomic mass is 10.1. The lowest BCUT2D eigenvalue weighted by molar-refractivity contribution is 0.102. The highest BCUT2D eigenvalue weighted by molar-refractivity contribution is 6.34. The molecule has 0 unspecified atom stereocenters. The molecule has 8 heteroatoms. The molecular weight excluding hydrogens is 282 g/mol. The van der Waals surface area contributed by atoms with Gasteiger partial charge in [-0.25, -0.2) is 0 Å². The fourth-order valence-corrected chi connectivity index (χ4v) is 1.94. The first-order valence-corrected chi connectivity index (χ1v) is 5.99. The summed E-state index contributed by atoms with van der Waals surface area (Å²) < 4.78 is 0. The largest absolute Gasteiger partial charge is 0.409 e. The Bertz CT molecular complexity index is 680. The summed E-state index contributed by atoms with van der Waals surface area (Å²) in [6.45, 7) is 1.87. The molecule has 0 radical (unpaired) electrons. The number of hydrogen-bond donors (Lipinski definition) is 4. The third-order valence-electron chi connectivity index (χ3n) is 2.63. The molecule has 1 heterocycles. The van der Waals surface area contributed by atoms with Crippen molar-refractivity contribution in [3.63, 3.8) is 0 Å². The molecular formula is C12H12ClN5O2. The van der Waals surface area contributed by atoms with Gasteiger partial charge in [-0.3, -0.25) is 9.89 Å². The second kappa shape index (κ2) is 5.62. The van der Waals surface area contributed by atoms with Crippen LogP contribution in [0.5, 0.6) is 0 Å². The lowest BCUT2D eigenvalue weighted by Crippen LogP contribution is -2.18. The molecule has 1 amide bonds. The van der Waals surface area contributed by atoms with E-state index in [0.717, 1.165) is 5.56 Å². The van der Waals surface area contributed by atoms with E-state index in [0.29, 0.717) is 10.6 Å². The molecule has 0 aliphatic heterocycles. The monoisotopic (exact) mass is 293 g/mol. The van der Waals surface area contributed by atoms with Crippen molar-refractivity contribution in [1.82, 2.24) is 10.2 Å². The zero-order valence-corrected chi connectivity index (χ0v) is 11.3. The molecule has 0 saturated heterocycles. The van der Waals surface area contributed by atoms with Crippen LogP contribution in [-0.4, -0.2) is 27.1 Å². The van der Waals surface area contributed by atoms with Crippen LogP contribution in [-0.2, 0) is 0 Å². The van der Waals surface area contributed by atoms with E-state index >= 15 is 0 Å². The number of rotatable bonds is 3. The summed E-state index contributed by atoms with van der Waals surface area (Å²) in [5.41, 5.74) is 7.01. The predicted octanol–water partition coefficient (Wildman–Crippen LogP) is 1.72. The first-order chi connectivity index (χ1) is 9.52. The Morgan fingerprint density at radius 1 is 1.50 bits per heavy atom. The second-order valence-electron chi connectivity index (χ2n) is 4.08. The molecule has 5 N–H and O–H groups in total. The van der Waals surface area contributed by atoms with Crippen molar-refractivity contribution in [2.45, 2.75) is 6.92 Å². The van der Waals surface area contributed by atoms with Crippen LogP contribution in [0.25, 0.3) is 0 Å². The number of hydrogen-bond acceptors (Lipinski definition) is 4. The number of aryl methyl sites for hydroxylation is 1. The quantitative estimate of drug-likeness (QED) is 0.298. The van der Waals surface area contributed by atoms with Gasteiger partial charge in [-0.1, -0.05) is 22.8 Å². The van der Waals surface area contributed by atoms with E-state index in [2.05, 4.69) is 20.7 Å². The number of halogens is 1. The lowest BCUT2D eigenvalue weighted by Gasteiger charge is -2.07.